The van der Waals surface area contributed by atoms with E-state index in [9.17, 15) is 8.42 Å². The number of benzene rings is 1. The highest BCUT2D eigenvalue weighted by molar-refractivity contribution is 7.86. The van der Waals surface area contributed by atoms with Crippen molar-refractivity contribution >= 4 is 10.1 Å². The number of unbranched alkanes of at least 4 members (excludes halogenated alkanes) is 2. The summed E-state index contributed by atoms with van der Waals surface area (Å²) >= 11 is 0. The number of hydrogen-bond acceptors (Lipinski definition) is 3. The molecule has 0 aliphatic rings. The van der Waals surface area contributed by atoms with Gasteiger partial charge in [0.1, 0.15) is 0 Å². The van der Waals surface area contributed by atoms with Crippen molar-refractivity contribution in [1.29, 1.82) is 0 Å². The van der Waals surface area contributed by atoms with Crippen LogP contribution in [0.5, 0.6) is 0 Å². The third kappa shape index (κ3) is 6.06. The highest BCUT2D eigenvalue weighted by Crippen LogP contribution is 2.15. The van der Waals surface area contributed by atoms with E-state index in [0.717, 1.165) is 30.7 Å². The van der Waals surface area contributed by atoms with Gasteiger partial charge in [-0.1, -0.05) is 57.2 Å². The van der Waals surface area contributed by atoms with Gasteiger partial charge in [0.2, 0.25) is 0 Å². The predicted molar refractivity (Wildman–Crippen MR) is 82.2 cm³/mol. The van der Waals surface area contributed by atoms with E-state index in [4.69, 9.17) is 4.18 Å². The summed E-state index contributed by atoms with van der Waals surface area (Å²) in [6, 6.07) is 6.74. The lowest BCUT2D eigenvalue weighted by Crippen LogP contribution is -2.07. The molecule has 1 atom stereocenters. The van der Waals surface area contributed by atoms with Gasteiger partial charge in [0, 0.05) is 0 Å². The molecule has 0 spiro atoms. The van der Waals surface area contributed by atoms with Crippen LogP contribution < -0.4 is 0 Å². The van der Waals surface area contributed by atoms with Gasteiger partial charge in [0.05, 0.1) is 11.5 Å². The Morgan fingerprint density at radius 2 is 1.75 bits per heavy atom. The zero-order valence-electron chi connectivity index (χ0n) is 12.8. The first kappa shape index (κ1) is 17.2. The molecule has 0 heterocycles. The maximum absolute atomic E-state index is 11.9. The molecule has 0 N–H and O–H groups in total. The molecule has 0 radical (unpaired) electrons. The molecular weight excluding hydrogens is 272 g/mol. The minimum absolute atomic E-state index is 0.239. The van der Waals surface area contributed by atoms with Gasteiger partial charge in [0.25, 0.3) is 10.1 Å². The van der Waals surface area contributed by atoms with E-state index < -0.39 is 10.1 Å². The molecule has 0 amide bonds. The Bertz CT molecular complexity index is 477. The monoisotopic (exact) mass is 298 g/mol. The summed E-state index contributed by atoms with van der Waals surface area (Å²) in [6.07, 6.45) is 5.37. The van der Waals surface area contributed by atoms with Crippen molar-refractivity contribution in [2.45, 2.75) is 57.8 Å². The Morgan fingerprint density at radius 3 is 2.35 bits per heavy atom. The Hall–Kier alpha value is -0.870. The molecular formula is C16H26O3S. The minimum Gasteiger partial charge on any atom is -0.266 e. The predicted octanol–water partition coefficient (Wildman–Crippen LogP) is 4.31. The van der Waals surface area contributed by atoms with E-state index in [0.29, 0.717) is 0 Å². The molecule has 1 aromatic rings. The molecule has 0 unspecified atom stereocenters. The van der Waals surface area contributed by atoms with Crippen LogP contribution in [0.1, 0.15) is 51.5 Å². The molecule has 3 nitrogen and oxygen atoms in total. The largest absolute Gasteiger partial charge is 0.296 e. The normalized spacial score (nSPS) is 13.3. The highest BCUT2D eigenvalue weighted by atomic mass is 32.2. The van der Waals surface area contributed by atoms with Crippen LogP contribution in [0, 0.1) is 12.8 Å². The van der Waals surface area contributed by atoms with Crippen LogP contribution >= 0.6 is 0 Å². The summed E-state index contributed by atoms with van der Waals surface area (Å²) in [5.74, 6) is 0.757. The molecule has 0 aliphatic heterocycles. The van der Waals surface area contributed by atoms with Gasteiger partial charge in [0.15, 0.2) is 0 Å². The maximum atomic E-state index is 11.9. The topological polar surface area (TPSA) is 43.4 Å². The molecule has 0 saturated carbocycles. The van der Waals surface area contributed by atoms with Crippen LogP contribution in [-0.4, -0.2) is 15.0 Å². The second kappa shape index (κ2) is 8.42. The van der Waals surface area contributed by atoms with Gasteiger partial charge < -0.3 is 0 Å². The van der Waals surface area contributed by atoms with Crippen LogP contribution in [0.15, 0.2) is 29.2 Å². The SMILES string of the molecule is CC[C@H](C)CCCCCOS(=O)(=O)c1ccc(C)cc1. The van der Waals surface area contributed by atoms with Gasteiger partial charge in [-0.05, 0) is 31.4 Å². The third-order valence-electron chi connectivity index (χ3n) is 3.59. The van der Waals surface area contributed by atoms with Crippen molar-refractivity contribution < 1.29 is 12.6 Å². The first-order valence-corrected chi connectivity index (χ1v) is 8.82. The first-order chi connectivity index (χ1) is 9.45. The van der Waals surface area contributed by atoms with E-state index in [1.807, 2.05) is 6.92 Å². The van der Waals surface area contributed by atoms with Crippen LogP contribution in [0.3, 0.4) is 0 Å². The molecule has 0 saturated heterocycles. The molecule has 0 aliphatic carbocycles. The summed E-state index contributed by atoms with van der Waals surface area (Å²) in [7, 11) is -3.59. The molecule has 0 fully saturated rings. The van der Waals surface area contributed by atoms with E-state index in [2.05, 4.69) is 13.8 Å². The number of rotatable bonds is 9. The standard InChI is InChI=1S/C16H26O3S/c1-4-14(2)8-6-5-7-13-19-20(17,18)16-11-9-15(3)10-12-16/h9-12,14H,4-8,13H2,1-3H3/t14-/m0/s1. The molecule has 4 heteroatoms. The van der Waals surface area contributed by atoms with Gasteiger partial charge in [-0.2, -0.15) is 8.42 Å². The molecule has 114 valence electrons. The molecule has 0 bridgehead atoms. The van der Waals surface area contributed by atoms with E-state index in [1.165, 1.54) is 12.8 Å². The lowest BCUT2D eigenvalue weighted by Gasteiger charge is -2.08. The zero-order chi connectivity index (χ0) is 15.0. The Kier molecular flexibility index (Phi) is 7.24. The lowest BCUT2D eigenvalue weighted by molar-refractivity contribution is 0.304. The Morgan fingerprint density at radius 1 is 1.10 bits per heavy atom. The minimum atomic E-state index is -3.59. The number of hydrogen-bond donors (Lipinski definition) is 0. The Labute approximate surface area is 123 Å². The number of aryl methyl sites for hydroxylation is 1. The van der Waals surface area contributed by atoms with Crippen molar-refractivity contribution in [2.24, 2.45) is 5.92 Å². The second-order valence-corrected chi connectivity index (χ2v) is 7.07. The maximum Gasteiger partial charge on any atom is 0.296 e. The van der Waals surface area contributed by atoms with Gasteiger partial charge in [-0.3, -0.25) is 4.18 Å². The summed E-state index contributed by atoms with van der Waals surface area (Å²) in [5.41, 5.74) is 1.04. The molecule has 1 aromatic carbocycles. The Balaban J connectivity index is 2.29. The summed E-state index contributed by atoms with van der Waals surface area (Å²) in [6.45, 7) is 6.64. The van der Waals surface area contributed by atoms with Crippen molar-refractivity contribution in [3.8, 4) is 0 Å². The van der Waals surface area contributed by atoms with E-state index in [-0.39, 0.29) is 11.5 Å². The average molecular weight is 298 g/mol. The zero-order valence-corrected chi connectivity index (χ0v) is 13.6. The molecule has 20 heavy (non-hydrogen) atoms. The van der Waals surface area contributed by atoms with Crippen molar-refractivity contribution in [2.75, 3.05) is 6.61 Å². The fraction of sp³-hybridized carbons (Fsp3) is 0.625. The fourth-order valence-electron chi connectivity index (χ4n) is 1.92. The first-order valence-electron chi connectivity index (χ1n) is 7.42. The highest BCUT2D eigenvalue weighted by Gasteiger charge is 2.14. The lowest BCUT2D eigenvalue weighted by atomic mass is 10.0. The van der Waals surface area contributed by atoms with Gasteiger partial charge >= 0.3 is 0 Å². The van der Waals surface area contributed by atoms with Crippen LogP contribution in [-0.2, 0) is 14.3 Å². The van der Waals surface area contributed by atoms with Crippen molar-refractivity contribution in [3.63, 3.8) is 0 Å². The fourth-order valence-corrected chi connectivity index (χ4v) is 2.86. The van der Waals surface area contributed by atoms with Crippen molar-refractivity contribution in [3.05, 3.63) is 29.8 Å². The van der Waals surface area contributed by atoms with E-state index >= 15 is 0 Å². The third-order valence-corrected chi connectivity index (χ3v) is 4.91. The summed E-state index contributed by atoms with van der Waals surface area (Å²) in [5, 5.41) is 0. The quantitative estimate of drug-likeness (QED) is 0.504. The van der Waals surface area contributed by atoms with E-state index in [1.54, 1.807) is 24.3 Å². The summed E-state index contributed by atoms with van der Waals surface area (Å²) in [4.78, 5) is 0.239. The second-order valence-electron chi connectivity index (χ2n) is 5.45. The van der Waals surface area contributed by atoms with Crippen LogP contribution in [0.2, 0.25) is 0 Å². The van der Waals surface area contributed by atoms with Crippen LogP contribution in [0.4, 0.5) is 0 Å². The van der Waals surface area contributed by atoms with Crippen molar-refractivity contribution in [1.82, 2.24) is 0 Å². The van der Waals surface area contributed by atoms with Crippen LogP contribution in [0.25, 0.3) is 0 Å². The van der Waals surface area contributed by atoms with Gasteiger partial charge in [-0.15, -0.1) is 0 Å². The smallest absolute Gasteiger partial charge is 0.266 e. The van der Waals surface area contributed by atoms with Gasteiger partial charge in [-0.25, -0.2) is 0 Å². The summed E-state index contributed by atoms with van der Waals surface area (Å²) < 4.78 is 28.9. The molecule has 0 aromatic heterocycles. The molecule has 1 rings (SSSR count). The average Bonchev–Trinajstić information content (AvgIpc) is 2.42.